The number of ketones is 1. The van der Waals surface area contributed by atoms with Crippen LogP contribution in [0.15, 0.2) is 72.0 Å². The predicted octanol–water partition coefficient (Wildman–Crippen LogP) is -0.407. The second-order valence-electron chi connectivity index (χ2n) is 6.56. The molecule has 0 aromatic heterocycles. The van der Waals surface area contributed by atoms with Crippen LogP contribution in [0.4, 0.5) is 0 Å². The molecule has 0 fully saturated rings. The molecule has 0 unspecified atom stereocenters. The molecule has 182 valence electrons. The van der Waals surface area contributed by atoms with Gasteiger partial charge in [-0.25, -0.2) is 18.6 Å². The molecule has 3 rings (SSSR count). The van der Waals surface area contributed by atoms with Gasteiger partial charge in [0, 0.05) is 11.6 Å². The maximum atomic E-state index is 8.49. The summed E-state index contributed by atoms with van der Waals surface area (Å²) >= 11 is 0. The van der Waals surface area contributed by atoms with Crippen LogP contribution in [0.1, 0.15) is 11.1 Å². The lowest BCUT2D eigenvalue weighted by atomic mass is 9.87. The summed E-state index contributed by atoms with van der Waals surface area (Å²) in [5, 5.41) is 0. The van der Waals surface area contributed by atoms with E-state index in [-0.39, 0.29) is 0 Å². The summed E-state index contributed by atoms with van der Waals surface area (Å²) in [5.41, 5.74) is 3.43. The standard InChI is InChI=1S/C24H25O5.ClHO4/c1-25-17-14-12-16(13-15-17)22(23-18(26-2)8-6-9-19(23)27-3)24-20(28-4)10-7-11-21(24)29-5;2-1(3,4)5/h6-15H,1-5H3;(H,2,3,4,5)/q+1;/p-1. The zero-order valence-corrected chi connectivity index (χ0v) is 20.1. The largest absolute Gasteiger partial charge is 0.497 e. The van der Waals surface area contributed by atoms with E-state index in [4.69, 9.17) is 42.0 Å². The SMILES string of the molecule is COC1=CC=CC(=[O+]C)/C1=C(/c1ccc(OC)cc1)c1c(OC)cccc1OC.[O-][Cl+3]([O-])([O-])[O-]. The molecule has 1 aliphatic rings. The Labute approximate surface area is 199 Å². The fourth-order valence-corrected chi connectivity index (χ4v) is 3.37. The second kappa shape index (κ2) is 12.2. The Morgan fingerprint density at radius 1 is 0.794 bits per heavy atom. The Morgan fingerprint density at radius 3 is 1.79 bits per heavy atom. The molecule has 0 saturated heterocycles. The van der Waals surface area contributed by atoms with Crippen molar-refractivity contribution in [2.75, 3.05) is 35.5 Å². The average Bonchev–Trinajstić information content (AvgIpc) is 2.83. The number of hydrogen-bond acceptors (Lipinski definition) is 8. The third kappa shape index (κ3) is 6.83. The van der Waals surface area contributed by atoms with E-state index in [2.05, 4.69) is 0 Å². The van der Waals surface area contributed by atoms with Gasteiger partial charge < -0.3 is 18.9 Å². The molecule has 0 radical (unpaired) electrons. The number of rotatable bonds is 6. The average molecular weight is 493 g/mol. The van der Waals surface area contributed by atoms with Crippen LogP contribution in [-0.4, -0.2) is 41.3 Å². The highest BCUT2D eigenvalue weighted by atomic mass is 35.7. The van der Waals surface area contributed by atoms with Gasteiger partial charge in [0.2, 0.25) is 0 Å². The van der Waals surface area contributed by atoms with Gasteiger partial charge in [0.15, 0.2) is 0 Å². The molecule has 9 nitrogen and oxygen atoms in total. The number of ether oxygens (including phenoxy) is 4. The smallest absolute Gasteiger partial charge is 0.354 e. The Balaban J connectivity index is 0.000000739. The maximum absolute atomic E-state index is 8.49. The lowest BCUT2D eigenvalue weighted by Gasteiger charge is -2.20. The number of allylic oxidation sites excluding steroid dienone is 4. The van der Waals surface area contributed by atoms with Crippen molar-refractivity contribution in [3.05, 3.63) is 83.2 Å². The summed E-state index contributed by atoms with van der Waals surface area (Å²) in [7, 11) is 3.27. The molecule has 1 aliphatic carbocycles. The highest BCUT2D eigenvalue weighted by Crippen LogP contribution is 2.42. The van der Waals surface area contributed by atoms with Crippen LogP contribution in [-0.2, 0) is 9.16 Å². The molecular weight excluding hydrogens is 468 g/mol. The van der Waals surface area contributed by atoms with E-state index in [0.29, 0.717) is 23.0 Å². The first-order chi connectivity index (χ1) is 16.2. The Kier molecular flexibility index (Phi) is 9.67. The predicted molar refractivity (Wildman–Crippen MR) is 114 cm³/mol. The van der Waals surface area contributed by atoms with E-state index in [1.807, 2.05) is 60.7 Å². The van der Waals surface area contributed by atoms with Crippen molar-refractivity contribution in [3.63, 3.8) is 0 Å². The molecule has 0 N–H and O–H groups in total. The van der Waals surface area contributed by atoms with Gasteiger partial charge in [-0.1, -0.05) is 18.2 Å². The summed E-state index contributed by atoms with van der Waals surface area (Å²) < 4.78 is 62.1. The number of methoxy groups -OCH3 is 4. The summed E-state index contributed by atoms with van der Waals surface area (Å²) in [6.07, 6.45) is 5.71. The minimum absolute atomic E-state index is 0.683. The van der Waals surface area contributed by atoms with Crippen molar-refractivity contribution < 1.29 is 52.3 Å². The first kappa shape index (κ1) is 26.9. The van der Waals surface area contributed by atoms with Gasteiger partial charge in [-0.05, 0) is 42.0 Å². The summed E-state index contributed by atoms with van der Waals surface area (Å²) in [6, 6.07) is 13.5. The maximum Gasteiger partial charge on any atom is 0.354 e. The molecular formula is C24H25ClO9. The summed E-state index contributed by atoms with van der Waals surface area (Å²) in [5.74, 6) is 3.50. The molecule has 0 bridgehead atoms. The monoisotopic (exact) mass is 492 g/mol. The topological polar surface area (TPSA) is 140 Å². The molecule has 0 spiro atoms. The molecule has 0 aliphatic heterocycles. The first-order valence-corrected chi connectivity index (χ1v) is 11.0. The minimum atomic E-state index is -4.94. The van der Waals surface area contributed by atoms with E-state index >= 15 is 0 Å². The van der Waals surface area contributed by atoms with Crippen LogP contribution in [0.5, 0.6) is 17.2 Å². The van der Waals surface area contributed by atoms with Gasteiger partial charge >= 0.3 is 5.78 Å². The lowest BCUT2D eigenvalue weighted by molar-refractivity contribution is -2.00. The highest BCUT2D eigenvalue weighted by molar-refractivity contribution is 6.16. The third-order valence-electron chi connectivity index (χ3n) is 4.73. The van der Waals surface area contributed by atoms with Crippen LogP contribution in [0.25, 0.3) is 5.57 Å². The van der Waals surface area contributed by atoms with Crippen LogP contribution in [0.3, 0.4) is 0 Å². The summed E-state index contributed by atoms with van der Waals surface area (Å²) in [6.45, 7) is 0. The fourth-order valence-electron chi connectivity index (χ4n) is 3.37. The lowest BCUT2D eigenvalue weighted by Crippen LogP contribution is -2.68. The minimum Gasteiger partial charge on any atom is -0.497 e. The normalized spacial score (nSPS) is 15.7. The van der Waals surface area contributed by atoms with E-state index in [9.17, 15) is 0 Å². The van der Waals surface area contributed by atoms with Crippen molar-refractivity contribution in [2.24, 2.45) is 0 Å². The molecule has 34 heavy (non-hydrogen) atoms. The van der Waals surface area contributed by atoms with Gasteiger partial charge in [0.05, 0.1) is 34.0 Å². The van der Waals surface area contributed by atoms with Gasteiger partial charge in [-0.15, -0.1) is 10.2 Å². The van der Waals surface area contributed by atoms with Crippen LogP contribution in [0, 0.1) is 10.2 Å². The van der Waals surface area contributed by atoms with Gasteiger partial charge in [-0.3, -0.25) is 4.42 Å². The van der Waals surface area contributed by atoms with Crippen molar-refractivity contribution in [1.29, 1.82) is 0 Å². The van der Waals surface area contributed by atoms with Crippen LogP contribution in [0.2, 0.25) is 0 Å². The number of halogens is 1. The van der Waals surface area contributed by atoms with Crippen molar-refractivity contribution >= 4 is 11.4 Å². The molecule has 0 saturated carbocycles. The van der Waals surface area contributed by atoms with Crippen LogP contribution >= 0.6 is 0 Å². The Bertz CT molecular complexity index is 1070. The van der Waals surface area contributed by atoms with Crippen molar-refractivity contribution in [2.45, 2.75) is 0 Å². The van der Waals surface area contributed by atoms with Crippen molar-refractivity contribution in [3.8, 4) is 17.2 Å². The first-order valence-electron chi connectivity index (χ1n) is 9.74. The Morgan fingerprint density at radius 2 is 1.35 bits per heavy atom. The van der Waals surface area contributed by atoms with Gasteiger partial charge in [-0.2, -0.15) is 0 Å². The Hall–Kier alpha value is -3.34. The highest BCUT2D eigenvalue weighted by Gasteiger charge is 2.31. The molecule has 0 heterocycles. The molecule has 2 aromatic carbocycles. The summed E-state index contributed by atoms with van der Waals surface area (Å²) in [4.78, 5) is 0. The molecule has 0 amide bonds. The van der Waals surface area contributed by atoms with E-state index in [1.165, 1.54) is 0 Å². The van der Waals surface area contributed by atoms with E-state index < -0.39 is 10.2 Å². The molecule has 0 atom stereocenters. The zero-order chi connectivity index (χ0) is 25.3. The van der Waals surface area contributed by atoms with E-state index in [1.54, 1.807) is 35.5 Å². The van der Waals surface area contributed by atoms with E-state index in [0.717, 1.165) is 28.0 Å². The van der Waals surface area contributed by atoms with Crippen molar-refractivity contribution in [1.82, 2.24) is 0 Å². The number of benzene rings is 2. The molecule has 2 aromatic rings. The van der Waals surface area contributed by atoms with Crippen LogP contribution < -0.4 is 32.8 Å². The number of hydrogen-bond donors (Lipinski definition) is 0. The number of carbonyl (C=O) groups excluding carboxylic acids is 1. The van der Waals surface area contributed by atoms with Gasteiger partial charge in [0.25, 0.3) is 7.11 Å². The second-order valence-corrected chi connectivity index (χ2v) is 7.31. The molecule has 10 heteroatoms. The fraction of sp³-hybridized carbons (Fsp3) is 0.208. The van der Waals surface area contributed by atoms with Gasteiger partial charge in [0.1, 0.15) is 28.6 Å². The third-order valence-corrected chi connectivity index (χ3v) is 4.73. The zero-order valence-electron chi connectivity index (χ0n) is 19.3. The quantitative estimate of drug-likeness (QED) is 0.391.